The van der Waals surface area contributed by atoms with Crippen LogP contribution in [0.15, 0.2) is 84.0 Å². The maximum atomic E-state index is 13.8. The molecule has 3 aromatic carbocycles. The minimum atomic E-state index is -0.432. The molecule has 2 heterocycles. The van der Waals surface area contributed by atoms with Crippen molar-refractivity contribution in [2.75, 3.05) is 0 Å². The highest BCUT2D eigenvalue weighted by atomic mass is 35.5. The molecule has 1 aliphatic heterocycles. The van der Waals surface area contributed by atoms with E-state index in [1.54, 1.807) is 6.21 Å². The smallest absolute Gasteiger partial charge is 0.254 e. The molecule has 37 heavy (non-hydrogen) atoms. The summed E-state index contributed by atoms with van der Waals surface area (Å²) in [7, 11) is 0. The number of amides is 2. The van der Waals surface area contributed by atoms with Crippen molar-refractivity contribution in [3.63, 3.8) is 0 Å². The summed E-state index contributed by atoms with van der Waals surface area (Å²) < 4.78 is 2.09. The van der Waals surface area contributed by atoms with Crippen LogP contribution in [0.2, 0.25) is 5.02 Å². The van der Waals surface area contributed by atoms with Crippen LogP contribution in [0.5, 0.6) is 0 Å². The average molecular weight is 506 g/mol. The molecule has 0 saturated carbocycles. The van der Waals surface area contributed by atoms with Gasteiger partial charge < -0.3 is 4.57 Å². The average Bonchev–Trinajstić information content (AvgIpc) is 3.34. The Bertz CT molecular complexity index is 1540. The molecule has 1 saturated heterocycles. The van der Waals surface area contributed by atoms with E-state index in [4.69, 9.17) is 11.6 Å². The predicted molar refractivity (Wildman–Crippen MR) is 143 cm³/mol. The summed E-state index contributed by atoms with van der Waals surface area (Å²) in [4.78, 5) is 27.5. The van der Waals surface area contributed by atoms with E-state index >= 15 is 0 Å². The largest absolute Gasteiger partial charge is 0.318 e. The Kier molecular flexibility index (Phi) is 4.82. The van der Waals surface area contributed by atoms with Crippen LogP contribution >= 0.6 is 11.6 Å². The molecule has 182 valence electrons. The van der Waals surface area contributed by atoms with Crippen molar-refractivity contribution < 1.29 is 9.59 Å². The van der Waals surface area contributed by atoms with Crippen LogP contribution in [0.25, 0.3) is 5.69 Å². The minimum absolute atomic E-state index is 0.132. The van der Waals surface area contributed by atoms with Crippen molar-refractivity contribution in [2.45, 2.75) is 25.7 Å². The third-order valence-electron chi connectivity index (χ3n) is 8.27. The maximum absolute atomic E-state index is 13.8. The first-order valence-electron chi connectivity index (χ1n) is 12.5. The van der Waals surface area contributed by atoms with Crippen LogP contribution in [0, 0.1) is 25.7 Å². The molecular weight excluding hydrogens is 482 g/mol. The molecule has 1 aromatic heterocycles. The van der Waals surface area contributed by atoms with E-state index in [-0.39, 0.29) is 23.7 Å². The molecule has 3 aliphatic carbocycles. The third-order valence-corrected chi connectivity index (χ3v) is 8.51. The number of hydrogen-bond donors (Lipinski definition) is 0. The van der Waals surface area contributed by atoms with Crippen molar-refractivity contribution in [2.24, 2.45) is 16.9 Å². The number of aryl methyl sites for hydroxylation is 1. The highest BCUT2D eigenvalue weighted by Crippen LogP contribution is 2.60. The summed E-state index contributed by atoms with van der Waals surface area (Å²) in [6.45, 7) is 4.01. The zero-order chi connectivity index (χ0) is 25.4. The van der Waals surface area contributed by atoms with Gasteiger partial charge in [0.2, 0.25) is 0 Å². The summed E-state index contributed by atoms with van der Waals surface area (Å²) in [5.41, 5.74) is 8.40. The summed E-state index contributed by atoms with van der Waals surface area (Å²) in [6, 6.07) is 26.2. The van der Waals surface area contributed by atoms with Gasteiger partial charge in [-0.1, -0.05) is 66.2 Å². The Morgan fingerprint density at radius 3 is 1.81 bits per heavy atom. The van der Waals surface area contributed by atoms with Gasteiger partial charge in [-0.25, -0.2) is 0 Å². The number of carbonyl (C=O) groups excluding carboxylic acids is 2. The standard InChI is InChI=1S/C31H24ClN3O2/c1-17-14-19(18(2)34(17)21-9-7-8-20(32)15-21)16-33-35-30(36)28-26-22-10-3-4-11-23(22)27(29(28)31(35)37)25-13-6-5-12-24(25)26/h3-16,26-29H,1-2H3/b33-16-/t26?,27?,28-,29-/m0/s1. The maximum Gasteiger partial charge on any atom is 0.254 e. The summed E-state index contributed by atoms with van der Waals surface area (Å²) in [5.74, 6) is -1.56. The first-order chi connectivity index (χ1) is 18.0. The minimum Gasteiger partial charge on any atom is -0.318 e. The summed E-state index contributed by atoms with van der Waals surface area (Å²) >= 11 is 6.22. The van der Waals surface area contributed by atoms with E-state index in [0.717, 1.165) is 49.9 Å². The fourth-order valence-electron chi connectivity index (χ4n) is 6.83. The van der Waals surface area contributed by atoms with Crippen LogP contribution in [-0.4, -0.2) is 27.6 Å². The fourth-order valence-corrected chi connectivity index (χ4v) is 7.01. The number of rotatable bonds is 3. The SMILES string of the molecule is Cc1cc(/C=N\N2C(=O)[C@H]3C4c5ccccc5C(c5ccccc54)[C@@H]3C2=O)c(C)n1-c1cccc(Cl)c1. The van der Waals surface area contributed by atoms with Crippen molar-refractivity contribution in [3.8, 4) is 5.69 Å². The highest BCUT2D eigenvalue weighted by Gasteiger charge is 2.61. The van der Waals surface area contributed by atoms with E-state index in [2.05, 4.69) is 33.9 Å². The lowest BCUT2D eigenvalue weighted by molar-refractivity contribution is -0.139. The second-order valence-electron chi connectivity index (χ2n) is 10.1. The van der Waals surface area contributed by atoms with Gasteiger partial charge in [-0.05, 0) is 60.4 Å². The predicted octanol–water partition coefficient (Wildman–Crippen LogP) is 5.97. The molecule has 0 N–H and O–H groups in total. The van der Waals surface area contributed by atoms with Gasteiger partial charge in [0, 0.05) is 39.5 Å². The summed E-state index contributed by atoms with van der Waals surface area (Å²) in [5, 5.41) is 6.28. The van der Waals surface area contributed by atoms with E-state index in [0.29, 0.717) is 5.02 Å². The van der Waals surface area contributed by atoms with Gasteiger partial charge in [0.05, 0.1) is 18.1 Å². The van der Waals surface area contributed by atoms with Gasteiger partial charge in [-0.15, -0.1) is 0 Å². The number of hydrazone groups is 1. The Hall–Kier alpha value is -3.96. The van der Waals surface area contributed by atoms with E-state index in [9.17, 15) is 9.59 Å². The van der Waals surface area contributed by atoms with Crippen LogP contribution in [-0.2, 0) is 9.59 Å². The molecule has 2 bridgehead atoms. The molecule has 2 amide bonds. The first kappa shape index (κ1) is 22.3. The van der Waals surface area contributed by atoms with Crippen molar-refractivity contribution in [1.29, 1.82) is 0 Å². The van der Waals surface area contributed by atoms with Crippen molar-refractivity contribution >= 4 is 29.6 Å². The molecule has 4 aromatic rings. The quantitative estimate of drug-likeness (QED) is 0.254. The van der Waals surface area contributed by atoms with Gasteiger partial charge in [0.25, 0.3) is 11.8 Å². The topological polar surface area (TPSA) is 54.7 Å². The van der Waals surface area contributed by atoms with E-state index in [1.807, 2.05) is 68.4 Å². The number of hydrogen-bond acceptors (Lipinski definition) is 3. The molecule has 8 rings (SSSR count). The van der Waals surface area contributed by atoms with Crippen molar-refractivity contribution in [3.05, 3.63) is 123 Å². The number of imide groups is 1. The van der Waals surface area contributed by atoms with Crippen LogP contribution in [0.4, 0.5) is 0 Å². The fraction of sp³-hybridized carbons (Fsp3) is 0.194. The highest BCUT2D eigenvalue weighted by molar-refractivity contribution is 6.30. The van der Waals surface area contributed by atoms with Gasteiger partial charge >= 0.3 is 0 Å². The van der Waals surface area contributed by atoms with Gasteiger partial charge in [-0.2, -0.15) is 10.1 Å². The van der Waals surface area contributed by atoms with Crippen molar-refractivity contribution in [1.82, 2.24) is 9.58 Å². The monoisotopic (exact) mass is 505 g/mol. The van der Waals surface area contributed by atoms with Gasteiger partial charge in [-0.3, -0.25) is 9.59 Å². The van der Waals surface area contributed by atoms with Gasteiger partial charge in [0.15, 0.2) is 0 Å². The lowest BCUT2D eigenvalue weighted by atomic mass is 9.55. The molecule has 5 nitrogen and oxygen atoms in total. The molecule has 1 fully saturated rings. The Balaban J connectivity index is 1.27. The Morgan fingerprint density at radius 2 is 1.30 bits per heavy atom. The zero-order valence-electron chi connectivity index (χ0n) is 20.4. The second-order valence-corrected chi connectivity index (χ2v) is 10.6. The summed E-state index contributed by atoms with van der Waals surface area (Å²) in [6.07, 6.45) is 1.64. The van der Waals surface area contributed by atoms with Crippen LogP contribution in [0.3, 0.4) is 0 Å². The number of benzene rings is 3. The first-order valence-corrected chi connectivity index (χ1v) is 12.9. The van der Waals surface area contributed by atoms with E-state index in [1.165, 1.54) is 0 Å². The number of nitrogens with zero attached hydrogens (tertiary/aromatic N) is 3. The number of aromatic nitrogens is 1. The third kappa shape index (κ3) is 3.07. The number of halogens is 1. The van der Waals surface area contributed by atoms with Gasteiger partial charge in [0.1, 0.15) is 0 Å². The molecule has 0 radical (unpaired) electrons. The molecule has 0 spiro atoms. The number of carbonyl (C=O) groups is 2. The molecule has 6 heteroatoms. The lowest BCUT2D eigenvalue weighted by Crippen LogP contribution is -2.41. The molecule has 0 unspecified atom stereocenters. The molecule has 2 atom stereocenters. The lowest BCUT2D eigenvalue weighted by Gasteiger charge is -2.45. The molecular formula is C31H24ClN3O2. The molecule has 4 aliphatic rings. The zero-order valence-corrected chi connectivity index (χ0v) is 21.2. The normalized spacial score (nSPS) is 23.5. The van der Waals surface area contributed by atoms with Crippen LogP contribution < -0.4 is 0 Å². The Labute approximate surface area is 220 Å². The van der Waals surface area contributed by atoms with Crippen LogP contribution in [0.1, 0.15) is 51.0 Å². The second kappa shape index (κ2) is 8.02. The van der Waals surface area contributed by atoms with E-state index < -0.39 is 11.8 Å². The Morgan fingerprint density at radius 1 is 0.757 bits per heavy atom.